The number of nitrogens with zero attached hydrogens (tertiary/aromatic N) is 5. The summed E-state index contributed by atoms with van der Waals surface area (Å²) in [6, 6.07) is 19.4. The summed E-state index contributed by atoms with van der Waals surface area (Å²) in [5.74, 6) is -0.792. The Labute approximate surface area is 265 Å². The molecule has 9 nitrogen and oxygen atoms in total. The second-order valence-corrected chi connectivity index (χ2v) is 13.3. The standard InChI is InChI=1S/C32H31ClF2N6O3S/c33-23-6-3-5-22(19-23)28-20-25(37-32(38-28)40-17-15-39(16-18-40)29-8-2-1-7-27(29)35)21-36-31(42)30-9-4-14-41(30)45(43,44)26-12-10-24(34)11-13-26/h1-3,5-8,10-13,19-20,30H,4,9,14-18,21H2,(H,36,42). The molecule has 0 bridgehead atoms. The minimum Gasteiger partial charge on any atom is -0.366 e. The zero-order chi connectivity index (χ0) is 31.6. The molecular weight excluding hydrogens is 622 g/mol. The van der Waals surface area contributed by atoms with Crippen molar-refractivity contribution in [2.75, 3.05) is 42.5 Å². The molecule has 234 valence electrons. The average Bonchev–Trinajstić information content (AvgIpc) is 3.56. The van der Waals surface area contributed by atoms with Crippen molar-refractivity contribution in [1.29, 1.82) is 0 Å². The maximum atomic E-state index is 14.4. The summed E-state index contributed by atoms with van der Waals surface area (Å²) >= 11 is 6.27. The second-order valence-electron chi connectivity index (χ2n) is 10.9. The Morgan fingerprint density at radius 1 is 0.889 bits per heavy atom. The number of anilines is 2. The van der Waals surface area contributed by atoms with E-state index < -0.39 is 27.8 Å². The third kappa shape index (κ3) is 6.77. The predicted molar refractivity (Wildman–Crippen MR) is 168 cm³/mol. The number of rotatable bonds is 8. The molecule has 2 aliphatic rings. The van der Waals surface area contributed by atoms with Gasteiger partial charge < -0.3 is 15.1 Å². The first-order chi connectivity index (χ1) is 21.7. The number of aromatic nitrogens is 2. The average molecular weight is 653 g/mol. The largest absolute Gasteiger partial charge is 0.366 e. The number of carbonyl (C=O) groups excluding carboxylic acids is 1. The van der Waals surface area contributed by atoms with Crippen LogP contribution in [0.3, 0.4) is 0 Å². The number of halogens is 3. The quantitative estimate of drug-likeness (QED) is 0.290. The molecule has 3 heterocycles. The number of carbonyl (C=O) groups is 1. The van der Waals surface area contributed by atoms with Gasteiger partial charge in [-0.25, -0.2) is 27.2 Å². The maximum absolute atomic E-state index is 14.4. The minimum absolute atomic E-state index is 0.0397. The number of amides is 1. The van der Waals surface area contributed by atoms with Crippen LogP contribution in [-0.2, 0) is 21.4 Å². The number of hydrogen-bond acceptors (Lipinski definition) is 7. The van der Waals surface area contributed by atoms with E-state index in [-0.39, 0.29) is 23.8 Å². The Morgan fingerprint density at radius 3 is 2.36 bits per heavy atom. The first-order valence-corrected chi connectivity index (χ1v) is 16.4. The van der Waals surface area contributed by atoms with Crippen LogP contribution in [0.25, 0.3) is 11.3 Å². The Morgan fingerprint density at radius 2 is 1.62 bits per heavy atom. The van der Waals surface area contributed by atoms with Gasteiger partial charge in [-0.1, -0.05) is 35.9 Å². The fourth-order valence-electron chi connectivity index (χ4n) is 5.69. The van der Waals surface area contributed by atoms with Crippen LogP contribution in [0, 0.1) is 11.6 Å². The Kier molecular flexibility index (Phi) is 8.97. The molecule has 0 saturated carbocycles. The molecule has 0 radical (unpaired) electrons. The molecule has 2 fully saturated rings. The number of nitrogens with one attached hydrogen (secondary N) is 1. The van der Waals surface area contributed by atoms with E-state index in [4.69, 9.17) is 21.6 Å². The van der Waals surface area contributed by atoms with Crippen molar-refractivity contribution >= 4 is 39.2 Å². The van der Waals surface area contributed by atoms with E-state index in [9.17, 15) is 22.0 Å². The van der Waals surface area contributed by atoms with Crippen LogP contribution in [0.5, 0.6) is 0 Å². The van der Waals surface area contributed by atoms with Crippen molar-refractivity contribution in [3.63, 3.8) is 0 Å². The highest BCUT2D eigenvalue weighted by atomic mass is 35.5. The zero-order valence-electron chi connectivity index (χ0n) is 24.2. The zero-order valence-corrected chi connectivity index (χ0v) is 25.8. The summed E-state index contributed by atoms with van der Waals surface area (Å²) < 4.78 is 55.5. The first-order valence-electron chi connectivity index (χ1n) is 14.6. The van der Waals surface area contributed by atoms with Crippen molar-refractivity contribution in [3.05, 3.63) is 101 Å². The fourth-order valence-corrected chi connectivity index (χ4v) is 7.54. The van der Waals surface area contributed by atoms with Crippen LogP contribution >= 0.6 is 11.6 Å². The highest BCUT2D eigenvalue weighted by molar-refractivity contribution is 7.89. The topological polar surface area (TPSA) is 98.7 Å². The van der Waals surface area contributed by atoms with Gasteiger partial charge in [-0.05, 0) is 67.4 Å². The van der Waals surface area contributed by atoms with Crippen LogP contribution < -0.4 is 15.1 Å². The van der Waals surface area contributed by atoms with E-state index in [1.165, 1.54) is 22.5 Å². The van der Waals surface area contributed by atoms with E-state index >= 15 is 0 Å². The monoisotopic (exact) mass is 652 g/mol. The lowest BCUT2D eigenvalue weighted by molar-refractivity contribution is -0.124. The molecule has 4 aromatic rings. The SMILES string of the molecule is O=C(NCc1cc(-c2cccc(Cl)c2)nc(N2CCN(c3ccccc3F)CC2)n1)C1CCCN1S(=O)(=O)c1ccc(F)cc1. The minimum atomic E-state index is -3.99. The molecule has 2 aliphatic heterocycles. The summed E-state index contributed by atoms with van der Waals surface area (Å²) in [4.78, 5) is 26.9. The van der Waals surface area contributed by atoms with E-state index in [1.54, 1.807) is 30.3 Å². The maximum Gasteiger partial charge on any atom is 0.243 e. The Balaban J connectivity index is 1.20. The van der Waals surface area contributed by atoms with E-state index in [1.807, 2.05) is 28.0 Å². The predicted octanol–water partition coefficient (Wildman–Crippen LogP) is 4.87. The van der Waals surface area contributed by atoms with Gasteiger partial charge in [0, 0.05) is 43.3 Å². The summed E-state index contributed by atoms with van der Waals surface area (Å²) in [7, 11) is -3.99. The summed E-state index contributed by atoms with van der Waals surface area (Å²) in [6.07, 6.45) is 0.884. The number of sulfonamides is 1. The molecule has 1 unspecified atom stereocenters. The lowest BCUT2D eigenvalue weighted by Gasteiger charge is -2.36. The van der Waals surface area contributed by atoms with E-state index in [0.29, 0.717) is 67.1 Å². The molecule has 1 N–H and O–H groups in total. The first kappa shape index (κ1) is 30.9. The van der Waals surface area contributed by atoms with Gasteiger partial charge in [0.25, 0.3) is 0 Å². The van der Waals surface area contributed by atoms with Crippen molar-refractivity contribution < 1.29 is 22.0 Å². The number of para-hydroxylation sites is 1. The third-order valence-electron chi connectivity index (χ3n) is 8.01. The van der Waals surface area contributed by atoms with Gasteiger partial charge >= 0.3 is 0 Å². The van der Waals surface area contributed by atoms with Gasteiger partial charge in [-0.15, -0.1) is 0 Å². The normalized spacial score (nSPS) is 17.4. The van der Waals surface area contributed by atoms with Gasteiger partial charge in [0.05, 0.1) is 28.5 Å². The summed E-state index contributed by atoms with van der Waals surface area (Å²) in [5.41, 5.74) is 2.48. The molecule has 0 aliphatic carbocycles. The molecule has 1 atom stereocenters. The smallest absolute Gasteiger partial charge is 0.243 e. The molecule has 2 saturated heterocycles. The molecule has 0 spiro atoms. The van der Waals surface area contributed by atoms with Crippen molar-refractivity contribution in [1.82, 2.24) is 19.6 Å². The lowest BCUT2D eigenvalue weighted by Crippen LogP contribution is -2.47. The van der Waals surface area contributed by atoms with Crippen LogP contribution in [-0.4, -0.2) is 67.4 Å². The molecule has 6 rings (SSSR count). The molecule has 45 heavy (non-hydrogen) atoms. The number of benzene rings is 3. The highest BCUT2D eigenvalue weighted by Crippen LogP contribution is 2.28. The highest BCUT2D eigenvalue weighted by Gasteiger charge is 2.39. The molecule has 1 aromatic heterocycles. The Bertz CT molecular complexity index is 1800. The molecular formula is C32H31ClF2N6O3S. The van der Waals surface area contributed by atoms with E-state index in [2.05, 4.69) is 5.32 Å². The summed E-state index contributed by atoms with van der Waals surface area (Å²) in [5, 5.41) is 3.41. The van der Waals surface area contributed by atoms with Gasteiger partial charge in [-0.2, -0.15) is 4.31 Å². The van der Waals surface area contributed by atoms with Crippen LogP contribution in [0.1, 0.15) is 18.5 Å². The third-order valence-corrected chi connectivity index (χ3v) is 10.2. The van der Waals surface area contributed by atoms with E-state index in [0.717, 1.165) is 17.7 Å². The summed E-state index contributed by atoms with van der Waals surface area (Å²) in [6.45, 7) is 2.47. The van der Waals surface area contributed by atoms with Crippen molar-refractivity contribution in [2.24, 2.45) is 0 Å². The van der Waals surface area contributed by atoms with Gasteiger partial charge in [0.15, 0.2) is 0 Å². The Hall–Kier alpha value is -4.13. The molecule has 13 heteroatoms. The van der Waals surface area contributed by atoms with Gasteiger partial charge in [-0.3, -0.25) is 4.79 Å². The lowest BCUT2D eigenvalue weighted by atomic mass is 10.1. The van der Waals surface area contributed by atoms with Crippen molar-refractivity contribution in [3.8, 4) is 11.3 Å². The number of piperazine rings is 1. The van der Waals surface area contributed by atoms with Crippen molar-refractivity contribution in [2.45, 2.75) is 30.3 Å². The molecule has 1 amide bonds. The van der Waals surface area contributed by atoms with Gasteiger partial charge in [0.1, 0.15) is 17.7 Å². The molecule has 3 aromatic carbocycles. The van der Waals surface area contributed by atoms with Crippen LogP contribution in [0.2, 0.25) is 5.02 Å². The van der Waals surface area contributed by atoms with Crippen LogP contribution in [0.4, 0.5) is 20.4 Å². The second kappa shape index (κ2) is 13.1. The number of hydrogen-bond donors (Lipinski definition) is 1. The fraction of sp³-hybridized carbons (Fsp3) is 0.281. The van der Waals surface area contributed by atoms with Gasteiger partial charge in [0.2, 0.25) is 21.9 Å². The van der Waals surface area contributed by atoms with Crippen LogP contribution in [0.15, 0.2) is 83.8 Å².